The number of carbonyl (C=O) groups is 1. The zero-order valence-corrected chi connectivity index (χ0v) is 10.4. The van der Waals surface area contributed by atoms with E-state index in [4.69, 9.17) is 17.3 Å². The quantitative estimate of drug-likeness (QED) is 0.902. The summed E-state index contributed by atoms with van der Waals surface area (Å²) >= 11 is 6.04. The molecule has 1 amide bonds. The minimum absolute atomic E-state index is 0.207. The summed E-state index contributed by atoms with van der Waals surface area (Å²) in [7, 11) is 0. The second-order valence-electron chi connectivity index (χ2n) is 3.63. The molecule has 0 fully saturated rings. The molecule has 0 aliphatic heterocycles. The van der Waals surface area contributed by atoms with Gasteiger partial charge in [0.25, 0.3) is 0 Å². The maximum Gasteiger partial charge on any atom is 0.229 e. The van der Waals surface area contributed by atoms with E-state index < -0.39 is 0 Å². The normalized spacial score (nSPS) is 10.1. The van der Waals surface area contributed by atoms with Crippen molar-refractivity contribution in [2.45, 2.75) is 6.92 Å². The summed E-state index contributed by atoms with van der Waals surface area (Å²) in [6, 6.07) is 4.91. The second kappa shape index (κ2) is 5.01. The average molecular weight is 263 g/mol. The molecule has 2 aromatic heterocycles. The molecule has 6 heteroatoms. The standard InChI is InChI=1S/C12H11ClN4O/c1-8(18)17(11-3-4-15-7-10(11)13)12-6-9(14)2-5-16-12/h2-7H,1H3,(H2,14,16). The molecule has 2 aromatic rings. The van der Waals surface area contributed by atoms with E-state index in [-0.39, 0.29) is 5.91 Å². The van der Waals surface area contributed by atoms with E-state index >= 15 is 0 Å². The molecule has 18 heavy (non-hydrogen) atoms. The van der Waals surface area contributed by atoms with Crippen LogP contribution < -0.4 is 10.6 Å². The van der Waals surface area contributed by atoms with Crippen molar-refractivity contribution in [2.75, 3.05) is 10.6 Å². The van der Waals surface area contributed by atoms with Crippen LogP contribution in [0.3, 0.4) is 0 Å². The average Bonchev–Trinajstić information content (AvgIpc) is 2.32. The number of nitrogens with two attached hydrogens (primary N) is 1. The van der Waals surface area contributed by atoms with Crippen LogP contribution in [0.5, 0.6) is 0 Å². The molecule has 0 atom stereocenters. The van der Waals surface area contributed by atoms with Gasteiger partial charge in [-0.05, 0) is 12.1 Å². The van der Waals surface area contributed by atoms with E-state index in [1.165, 1.54) is 24.2 Å². The fourth-order valence-corrected chi connectivity index (χ4v) is 1.76. The Kier molecular flexibility index (Phi) is 3.43. The Morgan fingerprint density at radius 3 is 2.78 bits per heavy atom. The first-order chi connectivity index (χ1) is 8.59. The van der Waals surface area contributed by atoms with Crippen molar-refractivity contribution in [2.24, 2.45) is 0 Å². The summed E-state index contributed by atoms with van der Waals surface area (Å²) < 4.78 is 0. The van der Waals surface area contributed by atoms with Gasteiger partial charge in [0, 0.05) is 37.3 Å². The number of hydrogen-bond acceptors (Lipinski definition) is 4. The van der Waals surface area contributed by atoms with Crippen LogP contribution in [-0.2, 0) is 4.79 Å². The van der Waals surface area contributed by atoms with E-state index in [0.29, 0.717) is 22.2 Å². The molecule has 0 saturated heterocycles. The highest BCUT2D eigenvalue weighted by atomic mass is 35.5. The van der Waals surface area contributed by atoms with Crippen molar-refractivity contribution in [3.63, 3.8) is 0 Å². The number of amides is 1. The molecule has 0 aliphatic rings. The summed E-state index contributed by atoms with van der Waals surface area (Å²) in [5.41, 5.74) is 6.74. The molecule has 0 aromatic carbocycles. The topological polar surface area (TPSA) is 72.1 Å². The number of nitrogens with zero attached hydrogens (tertiary/aromatic N) is 3. The van der Waals surface area contributed by atoms with Crippen LogP contribution >= 0.6 is 11.6 Å². The molecule has 2 N–H and O–H groups in total. The largest absolute Gasteiger partial charge is 0.399 e. The summed E-state index contributed by atoms with van der Waals surface area (Å²) in [6.07, 6.45) is 4.57. The first kappa shape index (κ1) is 12.3. The summed E-state index contributed by atoms with van der Waals surface area (Å²) in [6.45, 7) is 1.43. The zero-order valence-electron chi connectivity index (χ0n) is 9.67. The Balaban J connectivity index is 2.54. The molecule has 0 bridgehead atoms. The van der Waals surface area contributed by atoms with Gasteiger partial charge in [0.2, 0.25) is 5.91 Å². The van der Waals surface area contributed by atoms with E-state index in [2.05, 4.69) is 9.97 Å². The SMILES string of the molecule is CC(=O)N(c1cc(N)ccn1)c1ccncc1Cl. The smallest absolute Gasteiger partial charge is 0.229 e. The van der Waals surface area contributed by atoms with Crippen molar-refractivity contribution in [3.8, 4) is 0 Å². The predicted molar refractivity (Wildman–Crippen MR) is 70.7 cm³/mol. The number of pyridine rings is 2. The van der Waals surface area contributed by atoms with Crippen LogP contribution in [0.15, 0.2) is 36.8 Å². The van der Waals surface area contributed by atoms with Gasteiger partial charge in [-0.25, -0.2) is 4.98 Å². The molecular weight excluding hydrogens is 252 g/mol. The summed E-state index contributed by atoms with van der Waals surface area (Å²) in [4.78, 5) is 21.2. The number of carbonyl (C=O) groups excluding carboxylic acids is 1. The van der Waals surface area contributed by atoms with Gasteiger partial charge in [0.15, 0.2) is 0 Å². The molecule has 2 rings (SSSR count). The van der Waals surface area contributed by atoms with Crippen LogP contribution in [0.4, 0.5) is 17.2 Å². The van der Waals surface area contributed by atoms with Crippen LogP contribution in [-0.4, -0.2) is 15.9 Å². The molecule has 2 heterocycles. The Hall–Kier alpha value is -2.14. The third kappa shape index (κ3) is 2.41. The lowest BCUT2D eigenvalue weighted by Crippen LogP contribution is -2.24. The predicted octanol–water partition coefficient (Wildman–Crippen LogP) is 2.40. The molecule has 0 unspecified atom stereocenters. The third-order valence-electron chi connectivity index (χ3n) is 2.31. The summed E-state index contributed by atoms with van der Waals surface area (Å²) in [5.74, 6) is 0.219. The molecule has 0 radical (unpaired) electrons. The lowest BCUT2D eigenvalue weighted by Gasteiger charge is -2.21. The van der Waals surface area contributed by atoms with E-state index in [1.807, 2.05) is 0 Å². The first-order valence-electron chi connectivity index (χ1n) is 5.21. The number of halogens is 1. The third-order valence-corrected chi connectivity index (χ3v) is 2.60. The minimum atomic E-state index is -0.207. The lowest BCUT2D eigenvalue weighted by molar-refractivity contribution is -0.115. The highest BCUT2D eigenvalue weighted by Gasteiger charge is 2.18. The fourth-order valence-electron chi connectivity index (χ4n) is 1.56. The van der Waals surface area contributed by atoms with Gasteiger partial charge in [-0.3, -0.25) is 14.7 Å². The molecule has 92 valence electrons. The number of aromatic nitrogens is 2. The zero-order chi connectivity index (χ0) is 13.1. The lowest BCUT2D eigenvalue weighted by atomic mass is 10.3. The van der Waals surface area contributed by atoms with Gasteiger partial charge < -0.3 is 5.73 Å². The highest BCUT2D eigenvalue weighted by Crippen LogP contribution is 2.30. The van der Waals surface area contributed by atoms with Gasteiger partial charge in [-0.15, -0.1) is 0 Å². The van der Waals surface area contributed by atoms with Gasteiger partial charge in [0.1, 0.15) is 5.82 Å². The van der Waals surface area contributed by atoms with Crippen molar-refractivity contribution >= 4 is 34.7 Å². The maximum atomic E-state index is 11.8. The van der Waals surface area contributed by atoms with Gasteiger partial charge in [-0.2, -0.15) is 0 Å². The Bertz CT molecular complexity index is 588. The summed E-state index contributed by atoms with van der Waals surface area (Å²) in [5, 5.41) is 0.372. The van der Waals surface area contributed by atoms with Crippen molar-refractivity contribution in [3.05, 3.63) is 41.8 Å². The minimum Gasteiger partial charge on any atom is -0.399 e. The van der Waals surface area contributed by atoms with Crippen LogP contribution in [0, 0.1) is 0 Å². The molecule has 0 spiro atoms. The van der Waals surface area contributed by atoms with E-state index in [9.17, 15) is 4.79 Å². The fraction of sp³-hybridized carbons (Fsp3) is 0.0833. The Morgan fingerprint density at radius 1 is 1.39 bits per heavy atom. The molecular formula is C12H11ClN4O. The first-order valence-corrected chi connectivity index (χ1v) is 5.59. The Labute approximate surface area is 109 Å². The number of rotatable bonds is 2. The van der Waals surface area contributed by atoms with E-state index in [0.717, 1.165) is 0 Å². The van der Waals surface area contributed by atoms with Gasteiger partial charge >= 0.3 is 0 Å². The molecule has 0 aliphatic carbocycles. The van der Waals surface area contributed by atoms with Crippen LogP contribution in [0.2, 0.25) is 5.02 Å². The van der Waals surface area contributed by atoms with Crippen molar-refractivity contribution < 1.29 is 4.79 Å². The second-order valence-corrected chi connectivity index (χ2v) is 4.04. The maximum absolute atomic E-state index is 11.8. The van der Waals surface area contributed by atoms with Gasteiger partial charge in [-0.1, -0.05) is 11.6 Å². The number of hydrogen-bond donors (Lipinski definition) is 1. The number of anilines is 3. The molecule has 0 saturated carbocycles. The Morgan fingerprint density at radius 2 is 2.17 bits per heavy atom. The monoisotopic (exact) mass is 262 g/mol. The van der Waals surface area contributed by atoms with Crippen LogP contribution in [0.1, 0.15) is 6.92 Å². The van der Waals surface area contributed by atoms with Gasteiger partial charge in [0.05, 0.1) is 10.7 Å². The van der Waals surface area contributed by atoms with E-state index in [1.54, 1.807) is 24.4 Å². The van der Waals surface area contributed by atoms with Crippen molar-refractivity contribution in [1.29, 1.82) is 0 Å². The van der Waals surface area contributed by atoms with Crippen LogP contribution in [0.25, 0.3) is 0 Å². The molecule has 5 nitrogen and oxygen atoms in total. The number of nitrogen functional groups attached to an aromatic ring is 1. The highest BCUT2D eigenvalue weighted by molar-refractivity contribution is 6.33. The van der Waals surface area contributed by atoms with Crippen molar-refractivity contribution in [1.82, 2.24) is 9.97 Å².